The predicted octanol–water partition coefficient (Wildman–Crippen LogP) is 3.75. The molecule has 3 amide bonds. The average Bonchev–Trinajstić information content (AvgIpc) is 3.11. The van der Waals surface area contributed by atoms with Crippen LogP contribution in [-0.2, 0) is 11.3 Å². The second-order valence-electron chi connectivity index (χ2n) is 6.91. The van der Waals surface area contributed by atoms with Gasteiger partial charge in [0.05, 0.1) is 0 Å². The van der Waals surface area contributed by atoms with Crippen molar-refractivity contribution in [1.29, 1.82) is 0 Å². The minimum absolute atomic E-state index is 0.143. The van der Waals surface area contributed by atoms with E-state index in [1.54, 1.807) is 0 Å². The van der Waals surface area contributed by atoms with E-state index in [4.69, 9.17) is 0 Å². The van der Waals surface area contributed by atoms with Crippen molar-refractivity contribution in [3.8, 4) is 0 Å². The number of hydrogen-bond donors (Lipinski definition) is 3. The first-order valence-corrected chi connectivity index (χ1v) is 9.05. The standard InChI is InChI=1S/C21H25N3O2/c1-16-8-7-11-18(14-16)23-19(25)21(12-5-6-13-21)24-20(26)22-15-17-9-3-2-4-10-17/h2-4,7-11,14H,5-6,12-13,15H2,1H3,(H,23,25)(H2,22,24,26). The van der Waals surface area contributed by atoms with Gasteiger partial charge < -0.3 is 16.0 Å². The van der Waals surface area contributed by atoms with Gasteiger partial charge >= 0.3 is 6.03 Å². The molecule has 0 radical (unpaired) electrons. The third kappa shape index (κ3) is 4.42. The molecule has 0 spiro atoms. The van der Waals surface area contributed by atoms with E-state index >= 15 is 0 Å². The summed E-state index contributed by atoms with van der Waals surface area (Å²) in [4.78, 5) is 25.3. The number of urea groups is 1. The molecule has 0 aromatic heterocycles. The summed E-state index contributed by atoms with van der Waals surface area (Å²) in [5, 5.41) is 8.75. The fourth-order valence-electron chi connectivity index (χ4n) is 3.40. The van der Waals surface area contributed by atoms with Crippen molar-refractivity contribution in [2.45, 2.75) is 44.7 Å². The van der Waals surface area contributed by atoms with Crippen molar-refractivity contribution < 1.29 is 9.59 Å². The second-order valence-corrected chi connectivity index (χ2v) is 6.91. The number of anilines is 1. The van der Waals surface area contributed by atoms with Gasteiger partial charge in [-0.1, -0.05) is 55.3 Å². The van der Waals surface area contributed by atoms with E-state index in [0.717, 1.165) is 29.7 Å². The Morgan fingerprint density at radius 2 is 1.73 bits per heavy atom. The topological polar surface area (TPSA) is 70.2 Å². The molecule has 5 nitrogen and oxygen atoms in total. The zero-order valence-electron chi connectivity index (χ0n) is 15.0. The van der Waals surface area contributed by atoms with Crippen LogP contribution in [0.5, 0.6) is 0 Å². The molecule has 5 heteroatoms. The highest BCUT2D eigenvalue weighted by atomic mass is 16.2. The molecule has 0 bridgehead atoms. The summed E-state index contributed by atoms with van der Waals surface area (Å²) < 4.78 is 0. The Bertz CT molecular complexity index is 768. The third-order valence-electron chi connectivity index (χ3n) is 4.82. The van der Waals surface area contributed by atoms with Crippen molar-refractivity contribution in [2.24, 2.45) is 0 Å². The van der Waals surface area contributed by atoms with Crippen LogP contribution in [0.2, 0.25) is 0 Å². The van der Waals surface area contributed by atoms with Gasteiger partial charge in [-0.3, -0.25) is 4.79 Å². The summed E-state index contributed by atoms with van der Waals surface area (Å²) in [5.74, 6) is -0.143. The number of carbonyl (C=O) groups is 2. The Morgan fingerprint density at radius 1 is 1.00 bits per heavy atom. The number of amides is 3. The van der Waals surface area contributed by atoms with E-state index in [-0.39, 0.29) is 11.9 Å². The van der Waals surface area contributed by atoms with Crippen molar-refractivity contribution in [2.75, 3.05) is 5.32 Å². The Morgan fingerprint density at radius 3 is 2.42 bits per heavy atom. The molecule has 3 N–H and O–H groups in total. The van der Waals surface area contributed by atoms with Crippen LogP contribution in [0.1, 0.15) is 36.8 Å². The quantitative estimate of drug-likeness (QED) is 0.768. The Labute approximate surface area is 154 Å². The van der Waals surface area contributed by atoms with Gasteiger partial charge in [-0.05, 0) is 43.0 Å². The summed E-state index contributed by atoms with van der Waals surface area (Å²) >= 11 is 0. The normalized spacial score (nSPS) is 15.3. The van der Waals surface area contributed by atoms with Gasteiger partial charge in [-0.25, -0.2) is 4.79 Å². The third-order valence-corrected chi connectivity index (χ3v) is 4.82. The molecule has 1 saturated carbocycles. The summed E-state index contributed by atoms with van der Waals surface area (Å²) in [5.41, 5.74) is 2.02. The fourth-order valence-corrected chi connectivity index (χ4v) is 3.40. The molecule has 0 aliphatic heterocycles. The molecule has 1 aliphatic rings. The number of benzene rings is 2. The molecule has 0 unspecified atom stereocenters. The minimum atomic E-state index is -0.843. The summed E-state index contributed by atoms with van der Waals surface area (Å²) in [7, 11) is 0. The highest BCUT2D eigenvalue weighted by Crippen LogP contribution is 2.31. The van der Waals surface area contributed by atoms with Gasteiger partial charge in [0.2, 0.25) is 5.91 Å². The predicted molar refractivity (Wildman–Crippen MR) is 103 cm³/mol. The number of rotatable bonds is 5. The summed E-state index contributed by atoms with van der Waals surface area (Å²) in [6.07, 6.45) is 3.17. The number of aryl methyl sites for hydroxylation is 1. The molecule has 3 rings (SSSR count). The monoisotopic (exact) mass is 351 g/mol. The highest BCUT2D eigenvalue weighted by molar-refractivity contribution is 6.00. The molecule has 2 aromatic carbocycles. The lowest BCUT2D eigenvalue weighted by Gasteiger charge is -2.29. The van der Waals surface area contributed by atoms with Crippen LogP contribution in [0.15, 0.2) is 54.6 Å². The lowest BCUT2D eigenvalue weighted by molar-refractivity contribution is -0.121. The van der Waals surface area contributed by atoms with Crippen LogP contribution in [-0.4, -0.2) is 17.5 Å². The van der Waals surface area contributed by atoms with E-state index in [1.807, 2.05) is 61.5 Å². The van der Waals surface area contributed by atoms with Crippen LogP contribution in [0.3, 0.4) is 0 Å². The van der Waals surface area contributed by atoms with Crippen molar-refractivity contribution in [1.82, 2.24) is 10.6 Å². The average molecular weight is 351 g/mol. The first kappa shape index (κ1) is 18.0. The Kier molecular flexibility index (Phi) is 5.56. The Balaban J connectivity index is 1.63. The van der Waals surface area contributed by atoms with Gasteiger partial charge in [-0.2, -0.15) is 0 Å². The zero-order valence-corrected chi connectivity index (χ0v) is 15.0. The largest absolute Gasteiger partial charge is 0.334 e. The van der Waals surface area contributed by atoms with Crippen LogP contribution in [0, 0.1) is 6.92 Å². The zero-order chi connectivity index (χ0) is 18.4. The molecule has 0 saturated heterocycles. The molecule has 0 atom stereocenters. The lowest BCUT2D eigenvalue weighted by atomic mass is 9.96. The van der Waals surface area contributed by atoms with Gasteiger partial charge in [0, 0.05) is 12.2 Å². The Hall–Kier alpha value is -2.82. The van der Waals surface area contributed by atoms with Crippen molar-refractivity contribution in [3.05, 3.63) is 65.7 Å². The summed E-state index contributed by atoms with van der Waals surface area (Å²) in [6.45, 7) is 2.42. The van der Waals surface area contributed by atoms with Gasteiger partial charge in [-0.15, -0.1) is 0 Å². The maximum absolute atomic E-state index is 12.9. The van der Waals surface area contributed by atoms with Crippen molar-refractivity contribution in [3.63, 3.8) is 0 Å². The van der Waals surface area contributed by atoms with Crippen LogP contribution in [0.25, 0.3) is 0 Å². The molecule has 136 valence electrons. The molecule has 1 fully saturated rings. The van der Waals surface area contributed by atoms with Crippen LogP contribution >= 0.6 is 0 Å². The molecule has 2 aromatic rings. The van der Waals surface area contributed by atoms with Gasteiger partial charge in [0.15, 0.2) is 0 Å². The molecular weight excluding hydrogens is 326 g/mol. The highest BCUT2D eigenvalue weighted by Gasteiger charge is 2.42. The van der Waals surface area contributed by atoms with E-state index in [1.165, 1.54) is 0 Å². The summed E-state index contributed by atoms with van der Waals surface area (Å²) in [6, 6.07) is 17.1. The van der Waals surface area contributed by atoms with Crippen molar-refractivity contribution >= 4 is 17.6 Å². The smallest absolute Gasteiger partial charge is 0.315 e. The SMILES string of the molecule is Cc1cccc(NC(=O)C2(NC(=O)NCc3ccccc3)CCCC2)c1. The maximum Gasteiger partial charge on any atom is 0.315 e. The molecule has 0 heterocycles. The van der Waals surface area contributed by atoms with E-state index in [0.29, 0.717) is 19.4 Å². The van der Waals surface area contributed by atoms with E-state index < -0.39 is 5.54 Å². The molecule has 1 aliphatic carbocycles. The van der Waals surface area contributed by atoms with Crippen LogP contribution in [0.4, 0.5) is 10.5 Å². The maximum atomic E-state index is 12.9. The second kappa shape index (κ2) is 8.04. The number of hydrogen-bond acceptors (Lipinski definition) is 2. The van der Waals surface area contributed by atoms with E-state index in [2.05, 4.69) is 16.0 Å². The lowest BCUT2D eigenvalue weighted by Crippen LogP contribution is -2.57. The number of nitrogens with one attached hydrogen (secondary N) is 3. The van der Waals surface area contributed by atoms with Gasteiger partial charge in [0.25, 0.3) is 0 Å². The first-order chi connectivity index (χ1) is 12.6. The molecular formula is C21H25N3O2. The minimum Gasteiger partial charge on any atom is -0.334 e. The van der Waals surface area contributed by atoms with Gasteiger partial charge in [0.1, 0.15) is 5.54 Å². The van der Waals surface area contributed by atoms with E-state index in [9.17, 15) is 9.59 Å². The number of carbonyl (C=O) groups excluding carboxylic acids is 2. The fraction of sp³-hybridized carbons (Fsp3) is 0.333. The first-order valence-electron chi connectivity index (χ1n) is 9.05. The van der Waals surface area contributed by atoms with Crippen LogP contribution < -0.4 is 16.0 Å². The molecule has 26 heavy (non-hydrogen) atoms.